The van der Waals surface area contributed by atoms with Gasteiger partial charge in [-0.2, -0.15) is 0 Å². The third-order valence-electron chi connectivity index (χ3n) is 4.35. The Morgan fingerprint density at radius 1 is 1.27 bits per heavy atom. The number of benzene rings is 2. The first-order valence-electron chi connectivity index (χ1n) is 7.97. The van der Waals surface area contributed by atoms with Crippen LogP contribution in [0.4, 0.5) is 11.4 Å². The molecule has 1 N–H and O–H groups in total. The summed E-state index contributed by atoms with van der Waals surface area (Å²) in [5.41, 5.74) is 1.14. The van der Waals surface area contributed by atoms with Crippen LogP contribution in [0.2, 0.25) is 5.02 Å². The summed E-state index contributed by atoms with van der Waals surface area (Å²) in [7, 11) is 0. The SMILES string of the molecule is Cc1c(C(=O)NC2CC(=O)N(c3ccc(Cl)cc3)C2)cccc1[N+](=O)[O-]. The fourth-order valence-corrected chi connectivity index (χ4v) is 3.13. The van der Waals surface area contributed by atoms with E-state index < -0.39 is 10.8 Å². The van der Waals surface area contributed by atoms with E-state index in [1.807, 2.05) is 0 Å². The molecule has 7 nitrogen and oxygen atoms in total. The van der Waals surface area contributed by atoms with E-state index in [1.54, 1.807) is 29.2 Å². The standard InChI is InChI=1S/C18H16ClN3O4/c1-11-15(3-2-4-16(11)22(25)26)18(24)20-13-9-17(23)21(10-13)14-7-5-12(19)6-8-14/h2-8,13H,9-10H2,1H3,(H,20,24). The van der Waals surface area contributed by atoms with Gasteiger partial charge in [-0.1, -0.05) is 17.7 Å². The molecule has 1 heterocycles. The highest BCUT2D eigenvalue weighted by Crippen LogP contribution is 2.25. The number of carbonyl (C=O) groups is 2. The summed E-state index contributed by atoms with van der Waals surface area (Å²) in [6.45, 7) is 1.87. The van der Waals surface area contributed by atoms with Gasteiger partial charge in [0.15, 0.2) is 0 Å². The molecule has 2 aromatic rings. The van der Waals surface area contributed by atoms with E-state index in [4.69, 9.17) is 11.6 Å². The minimum atomic E-state index is -0.520. The average Bonchev–Trinajstić information content (AvgIpc) is 2.95. The van der Waals surface area contributed by atoms with Crippen molar-refractivity contribution in [1.29, 1.82) is 0 Å². The number of hydrogen-bond donors (Lipinski definition) is 1. The van der Waals surface area contributed by atoms with Crippen molar-refractivity contribution in [3.05, 3.63) is 68.7 Å². The van der Waals surface area contributed by atoms with Crippen LogP contribution in [-0.2, 0) is 4.79 Å². The largest absolute Gasteiger partial charge is 0.347 e. The second-order valence-corrected chi connectivity index (χ2v) is 6.50. The molecule has 8 heteroatoms. The Bertz CT molecular complexity index is 883. The maximum absolute atomic E-state index is 12.5. The van der Waals surface area contributed by atoms with Crippen LogP contribution in [0.3, 0.4) is 0 Å². The second-order valence-electron chi connectivity index (χ2n) is 6.06. The predicted octanol–water partition coefficient (Wildman–Crippen LogP) is 3.09. The number of nitrogens with one attached hydrogen (secondary N) is 1. The first kappa shape index (κ1) is 17.9. The predicted molar refractivity (Wildman–Crippen MR) is 97.5 cm³/mol. The first-order valence-corrected chi connectivity index (χ1v) is 8.35. The van der Waals surface area contributed by atoms with E-state index in [-0.39, 0.29) is 29.6 Å². The number of nitrogens with zero attached hydrogens (tertiary/aromatic N) is 2. The number of amides is 2. The van der Waals surface area contributed by atoms with E-state index in [9.17, 15) is 19.7 Å². The molecule has 0 aromatic heterocycles. The van der Waals surface area contributed by atoms with E-state index in [0.29, 0.717) is 22.8 Å². The number of halogens is 1. The first-order chi connectivity index (χ1) is 12.4. The van der Waals surface area contributed by atoms with Gasteiger partial charge in [0.2, 0.25) is 5.91 Å². The van der Waals surface area contributed by atoms with Crippen LogP contribution < -0.4 is 10.2 Å². The van der Waals surface area contributed by atoms with Crippen molar-refractivity contribution in [3.8, 4) is 0 Å². The third kappa shape index (κ3) is 3.52. The maximum Gasteiger partial charge on any atom is 0.273 e. The average molecular weight is 374 g/mol. The highest BCUT2D eigenvalue weighted by atomic mass is 35.5. The highest BCUT2D eigenvalue weighted by Gasteiger charge is 2.32. The van der Waals surface area contributed by atoms with Gasteiger partial charge in [0.05, 0.1) is 11.0 Å². The van der Waals surface area contributed by atoms with Gasteiger partial charge in [-0.3, -0.25) is 19.7 Å². The number of hydrogen-bond acceptors (Lipinski definition) is 4. The van der Waals surface area contributed by atoms with Gasteiger partial charge in [0.1, 0.15) is 0 Å². The van der Waals surface area contributed by atoms with Gasteiger partial charge < -0.3 is 10.2 Å². The van der Waals surface area contributed by atoms with Gasteiger partial charge in [-0.05, 0) is 37.3 Å². The number of carbonyl (C=O) groups excluding carboxylic acids is 2. The zero-order valence-electron chi connectivity index (χ0n) is 13.9. The number of anilines is 1. The van der Waals surface area contributed by atoms with Crippen molar-refractivity contribution in [3.63, 3.8) is 0 Å². The molecule has 0 radical (unpaired) electrons. The topological polar surface area (TPSA) is 92.6 Å². The molecular weight excluding hydrogens is 358 g/mol. The molecule has 1 fully saturated rings. The van der Waals surface area contributed by atoms with Gasteiger partial charge in [-0.15, -0.1) is 0 Å². The Kier molecular flexibility index (Phi) is 4.90. The fraction of sp³-hybridized carbons (Fsp3) is 0.222. The van der Waals surface area contributed by atoms with Crippen LogP contribution in [0.5, 0.6) is 0 Å². The fourth-order valence-electron chi connectivity index (χ4n) is 3.01. The second kappa shape index (κ2) is 7.13. The molecule has 0 saturated carbocycles. The molecule has 1 saturated heterocycles. The van der Waals surface area contributed by atoms with Crippen molar-refractivity contribution in [2.45, 2.75) is 19.4 Å². The maximum atomic E-state index is 12.5. The minimum Gasteiger partial charge on any atom is -0.347 e. The Hall–Kier alpha value is -2.93. The van der Waals surface area contributed by atoms with Crippen LogP contribution >= 0.6 is 11.6 Å². The van der Waals surface area contributed by atoms with Gasteiger partial charge in [0.25, 0.3) is 11.6 Å². The molecule has 0 aliphatic carbocycles. The summed E-state index contributed by atoms with van der Waals surface area (Å²) in [4.78, 5) is 36.8. The molecule has 26 heavy (non-hydrogen) atoms. The molecule has 1 aliphatic heterocycles. The normalized spacial score (nSPS) is 16.6. The molecule has 1 atom stereocenters. The smallest absolute Gasteiger partial charge is 0.273 e. The van der Waals surface area contributed by atoms with Crippen LogP contribution in [0.25, 0.3) is 0 Å². The molecule has 134 valence electrons. The van der Waals surface area contributed by atoms with E-state index >= 15 is 0 Å². The monoisotopic (exact) mass is 373 g/mol. The van der Waals surface area contributed by atoms with Gasteiger partial charge in [-0.25, -0.2) is 0 Å². The summed E-state index contributed by atoms with van der Waals surface area (Å²) in [5, 5.41) is 14.4. The molecule has 1 aliphatic rings. The summed E-state index contributed by atoms with van der Waals surface area (Å²) in [5.74, 6) is -0.532. The molecule has 2 aromatic carbocycles. The van der Waals surface area contributed by atoms with Gasteiger partial charge in [0, 0.05) is 40.9 Å². The van der Waals surface area contributed by atoms with Crippen molar-refractivity contribution in [1.82, 2.24) is 5.32 Å². The van der Waals surface area contributed by atoms with Crippen molar-refractivity contribution in [2.75, 3.05) is 11.4 Å². The Labute approximate surface area is 154 Å². The van der Waals surface area contributed by atoms with Crippen LogP contribution in [0, 0.1) is 17.0 Å². The summed E-state index contributed by atoms with van der Waals surface area (Å²) >= 11 is 5.86. The molecule has 0 bridgehead atoms. The summed E-state index contributed by atoms with van der Waals surface area (Å²) in [6.07, 6.45) is 0.169. The minimum absolute atomic E-state index is 0.103. The number of rotatable bonds is 4. The third-order valence-corrected chi connectivity index (χ3v) is 4.60. The lowest BCUT2D eigenvalue weighted by Gasteiger charge is -2.17. The molecule has 2 amide bonds. The van der Waals surface area contributed by atoms with E-state index in [0.717, 1.165) is 0 Å². The molecule has 0 spiro atoms. The molecular formula is C18H16ClN3O4. The molecule has 3 rings (SSSR count). The number of nitro groups is 1. The number of nitro benzene ring substituents is 1. The van der Waals surface area contributed by atoms with Crippen molar-refractivity contribution in [2.24, 2.45) is 0 Å². The zero-order valence-corrected chi connectivity index (χ0v) is 14.7. The van der Waals surface area contributed by atoms with E-state index in [2.05, 4.69) is 5.32 Å². The lowest BCUT2D eigenvalue weighted by molar-refractivity contribution is -0.385. The summed E-state index contributed by atoms with van der Waals surface area (Å²) in [6, 6.07) is 10.9. The zero-order chi connectivity index (χ0) is 18.8. The molecule has 1 unspecified atom stereocenters. The summed E-state index contributed by atoms with van der Waals surface area (Å²) < 4.78 is 0. The van der Waals surface area contributed by atoms with Gasteiger partial charge >= 0.3 is 0 Å². The van der Waals surface area contributed by atoms with Crippen molar-refractivity contribution >= 4 is 34.8 Å². The van der Waals surface area contributed by atoms with Crippen molar-refractivity contribution < 1.29 is 14.5 Å². The van der Waals surface area contributed by atoms with E-state index in [1.165, 1.54) is 25.1 Å². The Balaban J connectivity index is 1.73. The van der Waals surface area contributed by atoms with Crippen LogP contribution in [0.15, 0.2) is 42.5 Å². The lowest BCUT2D eigenvalue weighted by atomic mass is 10.1. The quantitative estimate of drug-likeness (QED) is 0.658. The van der Waals surface area contributed by atoms with Crippen LogP contribution in [-0.4, -0.2) is 29.3 Å². The van der Waals surface area contributed by atoms with Crippen LogP contribution in [0.1, 0.15) is 22.3 Å². The highest BCUT2D eigenvalue weighted by molar-refractivity contribution is 6.30. The Morgan fingerprint density at radius 3 is 2.62 bits per heavy atom. The lowest BCUT2D eigenvalue weighted by Crippen LogP contribution is -2.37. The Morgan fingerprint density at radius 2 is 1.96 bits per heavy atom.